The first-order valence-corrected chi connectivity index (χ1v) is 6.06. The van der Waals surface area contributed by atoms with Crippen molar-refractivity contribution in [2.45, 2.75) is 32.6 Å². The molecule has 3 N–H and O–H groups in total. The van der Waals surface area contributed by atoms with Gasteiger partial charge in [-0.15, -0.1) is 0 Å². The van der Waals surface area contributed by atoms with E-state index in [4.69, 9.17) is 5.73 Å². The normalized spacial score (nSPS) is 17.3. The molecule has 0 bridgehead atoms. The van der Waals surface area contributed by atoms with Gasteiger partial charge in [0.05, 0.1) is 0 Å². The Morgan fingerprint density at radius 1 is 1.53 bits per heavy atom. The van der Waals surface area contributed by atoms with Gasteiger partial charge in [0.25, 0.3) is 0 Å². The van der Waals surface area contributed by atoms with Crippen molar-refractivity contribution in [3.8, 4) is 0 Å². The molecule has 1 aromatic heterocycles. The predicted molar refractivity (Wildman–Crippen MR) is 67.6 cm³/mol. The van der Waals surface area contributed by atoms with Crippen LogP contribution in [0.2, 0.25) is 0 Å². The monoisotopic (exact) mass is 233 g/mol. The minimum atomic E-state index is 0.0199. The highest BCUT2D eigenvalue weighted by Gasteiger charge is 2.37. The SMILES string of the molecule is Cc1ccc(NC(=O)CC2(CN)CCC2)nc1. The molecule has 1 aliphatic rings. The van der Waals surface area contributed by atoms with Gasteiger partial charge in [0.2, 0.25) is 5.91 Å². The molecular weight excluding hydrogens is 214 g/mol. The van der Waals surface area contributed by atoms with E-state index in [0.717, 1.165) is 18.4 Å². The standard InChI is InChI=1S/C13H19N3O/c1-10-3-4-11(15-8-10)16-12(17)7-13(9-14)5-2-6-13/h3-4,8H,2,5-7,9,14H2,1H3,(H,15,16,17). The second-order valence-corrected chi connectivity index (χ2v) is 5.00. The number of nitrogens with two attached hydrogens (primary N) is 1. The average molecular weight is 233 g/mol. The molecule has 92 valence electrons. The summed E-state index contributed by atoms with van der Waals surface area (Å²) in [6.07, 6.45) is 5.58. The van der Waals surface area contributed by atoms with Crippen LogP contribution in [0.25, 0.3) is 0 Å². The number of anilines is 1. The Morgan fingerprint density at radius 3 is 2.76 bits per heavy atom. The number of hydrogen-bond donors (Lipinski definition) is 2. The maximum Gasteiger partial charge on any atom is 0.226 e. The number of aryl methyl sites for hydroxylation is 1. The molecule has 17 heavy (non-hydrogen) atoms. The maximum atomic E-state index is 11.9. The first-order valence-electron chi connectivity index (χ1n) is 6.06. The molecule has 0 atom stereocenters. The van der Waals surface area contributed by atoms with E-state index in [1.807, 2.05) is 19.1 Å². The topological polar surface area (TPSA) is 68.0 Å². The van der Waals surface area contributed by atoms with Gasteiger partial charge in [0.1, 0.15) is 5.82 Å². The summed E-state index contributed by atoms with van der Waals surface area (Å²) in [5.74, 6) is 0.638. The van der Waals surface area contributed by atoms with E-state index in [1.165, 1.54) is 6.42 Å². The number of carbonyl (C=O) groups is 1. The van der Waals surface area contributed by atoms with E-state index >= 15 is 0 Å². The lowest BCUT2D eigenvalue weighted by Gasteiger charge is -2.40. The van der Waals surface area contributed by atoms with Crippen molar-refractivity contribution < 1.29 is 4.79 Å². The predicted octanol–water partition coefficient (Wildman–Crippen LogP) is 1.85. The van der Waals surface area contributed by atoms with Gasteiger partial charge in [-0.3, -0.25) is 4.79 Å². The number of hydrogen-bond acceptors (Lipinski definition) is 3. The van der Waals surface area contributed by atoms with Crippen LogP contribution in [0.4, 0.5) is 5.82 Å². The van der Waals surface area contributed by atoms with Crippen LogP contribution in [0, 0.1) is 12.3 Å². The lowest BCUT2D eigenvalue weighted by Crippen LogP contribution is -2.40. The molecule has 0 aliphatic heterocycles. The van der Waals surface area contributed by atoms with Crippen molar-refractivity contribution in [1.82, 2.24) is 4.98 Å². The van der Waals surface area contributed by atoms with Crippen molar-refractivity contribution in [1.29, 1.82) is 0 Å². The molecular formula is C13H19N3O. The molecule has 4 heteroatoms. The summed E-state index contributed by atoms with van der Waals surface area (Å²) in [5, 5.41) is 2.82. The molecule has 4 nitrogen and oxygen atoms in total. The fourth-order valence-corrected chi connectivity index (χ4v) is 2.20. The summed E-state index contributed by atoms with van der Waals surface area (Å²) in [7, 11) is 0. The highest BCUT2D eigenvalue weighted by Crippen LogP contribution is 2.42. The quantitative estimate of drug-likeness (QED) is 0.834. The van der Waals surface area contributed by atoms with Crippen molar-refractivity contribution in [2.75, 3.05) is 11.9 Å². The van der Waals surface area contributed by atoms with Crippen molar-refractivity contribution >= 4 is 11.7 Å². The number of aromatic nitrogens is 1. The highest BCUT2D eigenvalue weighted by molar-refractivity contribution is 5.90. The fraction of sp³-hybridized carbons (Fsp3) is 0.538. The second kappa shape index (κ2) is 4.84. The van der Waals surface area contributed by atoms with Crippen LogP contribution in [0.5, 0.6) is 0 Å². The Hall–Kier alpha value is -1.42. The Labute approximate surface area is 102 Å². The van der Waals surface area contributed by atoms with Crippen LogP contribution >= 0.6 is 0 Å². The molecule has 0 spiro atoms. The molecule has 0 saturated heterocycles. The van der Waals surface area contributed by atoms with Gasteiger partial charge < -0.3 is 11.1 Å². The largest absolute Gasteiger partial charge is 0.330 e. The van der Waals surface area contributed by atoms with Crippen molar-refractivity contribution in [2.24, 2.45) is 11.1 Å². The Kier molecular flexibility index (Phi) is 3.43. The van der Waals surface area contributed by atoms with Crippen LogP contribution in [-0.4, -0.2) is 17.4 Å². The summed E-state index contributed by atoms with van der Waals surface area (Å²) >= 11 is 0. The third-order valence-corrected chi connectivity index (χ3v) is 3.56. The van der Waals surface area contributed by atoms with Gasteiger partial charge in [-0.05, 0) is 43.4 Å². The van der Waals surface area contributed by atoms with Crippen LogP contribution in [0.3, 0.4) is 0 Å². The Balaban J connectivity index is 1.91. The molecule has 1 fully saturated rings. The number of nitrogens with one attached hydrogen (secondary N) is 1. The molecule has 1 aromatic rings. The molecule has 1 amide bonds. The van der Waals surface area contributed by atoms with Crippen molar-refractivity contribution in [3.05, 3.63) is 23.9 Å². The third kappa shape index (κ3) is 2.82. The van der Waals surface area contributed by atoms with Gasteiger partial charge in [0.15, 0.2) is 0 Å². The van der Waals surface area contributed by atoms with Gasteiger partial charge in [0, 0.05) is 12.6 Å². The van der Waals surface area contributed by atoms with E-state index in [2.05, 4.69) is 10.3 Å². The average Bonchev–Trinajstić information content (AvgIpc) is 2.27. The smallest absolute Gasteiger partial charge is 0.226 e. The summed E-state index contributed by atoms with van der Waals surface area (Å²) in [4.78, 5) is 16.0. The molecule has 1 saturated carbocycles. The van der Waals surface area contributed by atoms with Gasteiger partial charge >= 0.3 is 0 Å². The minimum Gasteiger partial charge on any atom is -0.330 e. The molecule has 1 heterocycles. The van der Waals surface area contributed by atoms with E-state index < -0.39 is 0 Å². The van der Waals surface area contributed by atoms with Crippen molar-refractivity contribution in [3.63, 3.8) is 0 Å². The first-order chi connectivity index (χ1) is 8.13. The van der Waals surface area contributed by atoms with Gasteiger partial charge in [-0.2, -0.15) is 0 Å². The molecule has 0 radical (unpaired) electrons. The van der Waals surface area contributed by atoms with Gasteiger partial charge in [-0.25, -0.2) is 4.98 Å². The molecule has 1 aliphatic carbocycles. The van der Waals surface area contributed by atoms with E-state index in [-0.39, 0.29) is 11.3 Å². The zero-order valence-electron chi connectivity index (χ0n) is 10.2. The molecule has 2 rings (SSSR count). The maximum absolute atomic E-state index is 11.9. The van der Waals surface area contributed by atoms with E-state index in [9.17, 15) is 4.79 Å². The lowest BCUT2D eigenvalue weighted by molar-refractivity contribution is -0.119. The summed E-state index contributed by atoms with van der Waals surface area (Å²) in [6.45, 7) is 2.57. The molecule has 0 unspecified atom stereocenters. The number of amides is 1. The number of nitrogens with zero attached hydrogens (tertiary/aromatic N) is 1. The number of carbonyl (C=O) groups excluding carboxylic acids is 1. The van der Waals surface area contributed by atoms with Crippen LogP contribution in [0.15, 0.2) is 18.3 Å². The summed E-state index contributed by atoms with van der Waals surface area (Å²) < 4.78 is 0. The van der Waals surface area contributed by atoms with Gasteiger partial charge in [-0.1, -0.05) is 12.5 Å². The summed E-state index contributed by atoms with van der Waals surface area (Å²) in [6, 6.07) is 3.76. The van der Waals surface area contributed by atoms with Crippen LogP contribution in [-0.2, 0) is 4.79 Å². The molecule has 0 aromatic carbocycles. The highest BCUT2D eigenvalue weighted by atomic mass is 16.1. The lowest BCUT2D eigenvalue weighted by atomic mass is 9.66. The first kappa shape index (κ1) is 12.0. The van der Waals surface area contributed by atoms with E-state index in [1.54, 1.807) is 6.20 Å². The number of pyridine rings is 1. The minimum absolute atomic E-state index is 0.0199. The zero-order chi connectivity index (χ0) is 12.3. The van der Waals surface area contributed by atoms with Crippen LogP contribution < -0.4 is 11.1 Å². The second-order valence-electron chi connectivity index (χ2n) is 5.00. The van der Waals surface area contributed by atoms with E-state index in [0.29, 0.717) is 18.8 Å². The van der Waals surface area contributed by atoms with Crippen LogP contribution in [0.1, 0.15) is 31.2 Å². The fourth-order valence-electron chi connectivity index (χ4n) is 2.20. The third-order valence-electron chi connectivity index (χ3n) is 3.56. The summed E-state index contributed by atoms with van der Waals surface area (Å²) in [5.41, 5.74) is 6.87. The number of rotatable bonds is 4. The Morgan fingerprint density at radius 2 is 2.29 bits per heavy atom. The Bertz CT molecular complexity index is 390. The zero-order valence-corrected chi connectivity index (χ0v) is 10.2.